The van der Waals surface area contributed by atoms with E-state index in [0.29, 0.717) is 4.91 Å². The Labute approximate surface area is 171 Å². The highest BCUT2D eigenvalue weighted by Gasteiger charge is 2.35. The molecule has 4 rings (SSSR count). The van der Waals surface area contributed by atoms with Crippen LogP contribution < -0.4 is 4.90 Å². The number of hydrogen-bond acceptors (Lipinski definition) is 4. The standard InChI is InChI=1S/C21H19BrN2O2S/c22-18-6-2-1-5-16(18)14-24-20(25)19(27-21(24)26)13-15-7-9-17(10-8-15)23-11-3-4-12-23/h1-2,5-10,13H,3-4,11-12,14H2/b19-13+. The summed E-state index contributed by atoms with van der Waals surface area (Å²) in [5, 5.41) is -0.226. The van der Waals surface area contributed by atoms with Crippen molar-refractivity contribution < 1.29 is 9.59 Å². The maximum absolute atomic E-state index is 12.7. The van der Waals surface area contributed by atoms with Crippen LogP contribution in [0.2, 0.25) is 0 Å². The normalized spacial score (nSPS) is 18.8. The molecular weight excluding hydrogens is 424 g/mol. The number of nitrogens with zero attached hydrogens (tertiary/aromatic N) is 2. The van der Waals surface area contributed by atoms with E-state index in [-0.39, 0.29) is 17.7 Å². The molecule has 27 heavy (non-hydrogen) atoms. The monoisotopic (exact) mass is 442 g/mol. The molecule has 0 saturated carbocycles. The number of benzene rings is 2. The van der Waals surface area contributed by atoms with Crippen molar-refractivity contribution in [1.29, 1.82) is 0 Å². The molecule has 0 aromatic heterocycles. The van der Waals surface area contributed by atoms with E-state index in [9.17, 15) is 9.59 Å². The molecule has 0 N–H and O–H groups in total. The fourth-order valence-corrected chi connectivity index (χ4v) is 4.59. The summed E-state index contributed by atoms with van der Waals surface area (Å²) >= 11 is 4.48. The summed E-state index contributed by atoms with van der Waals surface area (Å²) in [6.07, 6.45) is 4.29. The molecule has 6 heteroatoms. The molecular formula is C21H19BrN2O2S. The van der Waals surface area contributed by atoms with E-state index >= 15 is 0 Å². The van der Waals surface area contributed by atoms with Crippen molar-refractivity contribution in [2.75, 3.05) is 18.0 Å². The first-order chi connectivity index (χ1) is 13.1. The molecule has 2 aromatic carbocycles. The number of imide groups is 1. The molecule has 2 fully saturated rings. The van der Waals surface area contributed by atoms with Crippen LogP contribution >= 0.6 is 27.7 Å². The fourth-order valence-electron chi connectivity index (χ4n) is 3.34. The second-order valence-corrected chi connectivity index (χ2v) is 8.49. The number of rotatable bonds is 4. The van der Waals surface area contributed by atoms with Gasteiger partial charge in [-0.15, -0.1) is 0 Å². The molecule has 4 nitrogen and oxygen atoms in total. The van der Waals surface area contributed by atoms with Crippen LogP contribution in [0.4, 0.5) is 10.5 Å². The topological polar surface area (TPSA) is 40.6 Å². The Morgan fingerprint density at radius 2 is 1.70 bits per heavy atom. The second kappa shape index (κ2) is 7.90. The Morgan fingerprint density at radius 3 is 2.41 bits per heavy atom. The van der Waals surface area contributed by atoms with Gasteiger partial charge < -0.3 is 4.90 Å². The van der Waals surface area contributed by atoms with Gasteiger partial charge in [-0.05, 0) is 60.0 Å². The fraction of sp³-hybridized carbons (Fsp3) is 0.238. The number of thioether (sulfide) groups is 1. The molecule has 2 amide bonds. The SMILES string of the molecule is O=C1S/C(=C/c2ccc(N3CCCC3)cc2)C(=O)N1Cc1ccccc1Br. The molecule has 0 radical (unpaired) electrons. The van der Waals surface area contributed by atoms with Gasteiger partial charge in [-0.3, -0.25) is 14.5 Å². The second-order valence-electron chi connectivity index (χ2n) is 6.64. The molecule has 0 aliphatic carbocycles. The smallest absolute Gasteiger partial charge is 0.293 e. The lowest BCUT2D eigenvalue weighted by Crippen LogP contribution is -2.27. The number of hydrogen-bond donors (Lipinski definition) is 0. The average Bonchev–Trinajstić information content (AvgIpc) is 3.29. The zero-order valence-electron chi connectivity index (χ0n) is 14.7. The average molecular weight is 443 g/mol. The number of carbonyl (C=O) groups is 2. The largest absolute Gasteiger partial charge is 0.372 e. The van der Waals surface area contributed by atoms with Gasteiger partial charge in [-0.2, -0.15) is 0 Å². The Morgan fingerprint density at radius 1 is 1.00 bits per heavy atom. The summed E-state index contributed by atoms with van der Waals surface area (Å²) in [6.45, 7) is 2.48. The van der Waals surface area contributed by atoms with Gasteiger partial charge in [0.25, 0.3) is 11.1 Å². The van der Waals surface area contributed by atoms with Crippen LogP contribution in [0.15, 0.2) is 57.9 Å². The van der Waals surface area contributed by atoms with Gasteiger partial charge in [-0.25, -0.2) is 0 Å². The van der Waals surface area contributed by atoms with Gasteiger partial charge in [0.05, 0.1) is 11.4 Å². The summed E-state index contributed by atoms with van der Waals surface area (Å²) in [5.41, 5.74) is 3.06. The minimum Gasteiger partial charge on any atom is -0.372 e. The Bertz CT molecular complexity index is 905. The summed E-state index contributed by atoms with van der Waals surface area (Å²) in [6, 6.07) is 15.8. The van der Waals surface area contributed by atoms with Crippen molar-refractivity contribution in [1.82, 2.24) is 4.90 Å². The van der Waals surface area contributed by atoms with Crippen molar-refractivity contribution in [2.45, 2.75) is 19.4 Å². The third kappa shape index (κ3) is 3.96. The van der Waals surface area contributed by atoms with Crippen LogP contribution in [0, 0.1) is 0 Å². The summed E-state index contributed by atoms with van der Waals surface area (Å²) < 4.78 is 0.894. The highest BCUT2D eigenvalue weighted by molar-refractivity contribution is 9.10. The molecule has 0 unspecified atom stereocenters. The van der Waals surface area contributed by atoms with Gasteiger partial charge in [0.1, 0.15) is 0 Å². The lowest BCUT2D eigenvalue weighted by molar-refractivity contribution is -0.123. The Balaban J connectivity index is 1.50. The molecule has 0 bridgehead atoms. The first-order valence-corrected chi connectivity index (χ1v) is 10.6. The quantitative estimate of drug-likeness (QED) is 0.603. The highest BCUT2D eigenvalue weighted by Crippen LogP contribution is 2.34. The number of anilines is 1. The van der Waals surface area contributed by atoms with E-state index in [2.05, 4.69) is 33.0 Å². The summed E-state index contributed by atoms with van der Waals surface area (Å²) in [4.78, 5) is 29.2. The molecule has 2 aromatic rings. The van der Waals surface area contributed by atoms with Gasteiger partial charge >= 0.3 is 0 Å². The first kappa shape index (κ1) is 18.3. The van der Waals surface area contributed by atoms with E-state index in [1.54, 1.807) is 6.08 Å². The molecule has 2 saturated heterocycles. The summed E-state index contributed by atoms with van der Waals surface area (Å²) in [5.74, 6) is -0.232. The van der Waals surface area contributed by atoms with E-state index in [0.717, 1.165) is 40.5 Å². The zero-order valence-corrected chi connectivity index (χ0v) is 17.1. The van der Waals surface area contributed by atoms with Crippen LogP contribution in [0.3, 0.4) is 0 Å². The number of carbonyl (C=O) groups excluding carboxylic acids is 2. The Kier molecular flexibility index (Phi) is 5.36. The van der Waals surface area contributed by atoms with Crippen LogP contribution in [-0.2, 0) is 11.3 Å². The molecule has 0 atom stereocenters. The molecule has 138 valence electrons. The minimum atomic E-state index is -0.232. The van der Waals surface area contributed by atoms with Gasteiger partial charge in [-0.1, -0.05) is 46.3 Å². The van der Waals surface area contributed by atoms with Crippen molar-refractivity contribution in [3.63, 3.8) is 0 Å². The molecule has 2 aliphatic rings. The van der Waals surface area contributed by atoms with E-state index < -0.39 is 0 Å². The minimum absolute atomic E-state index is 0.226. The number of halogens is 1. The molecule has 0 spiro atoms. The van der Waals surface area contributed by atoms with Gasteiger partial charge in [0.15, 0.2) is 0 Å². The number of amides is 2. The highest BCUT2D eigenvalue weighted by atomic mass is 79.9. The molecule has 2 aliphatic heterocycles. The third-order valence-corrected chi connectivity index (χ3v) is 6.50. The third-order valence-electron chi connectivity index (χ3n) is 4.82. The van der Waals surface area contributed by atoms with Gasteiger partial charge in [0, 0.05) is 23.2 Å². The zero-order chi connectivity index (χ0) is 18.8. The van der Waals surface area contributed by atoms with E-state index in [1.165, 1.54) is 23.4 Å². The summed E-state index contributed by atoms with van der Waals surface area (Å²) in [7, 11) is 0. The van der Waals surface area contributed by atoms with Gasteiger partial charge in [0.2, 0.25) is 0 Å². The van der Waals surface area contributed by atoms with Crippen molar-refractivity contribution in [2.24, 2.45) is 0 Å². The maximum Gasteiger partial charge on any atom is 0.293 e. The maximum atomic E-state index is 12.7. The van der Waals surface area contributed by atoms with Crippen LogP contribution in [0.5, 0.6) is 0 Å². The van der Waals surface area contributed by atoms with E-state index in [1.807, 2.05) is 36.4 Å². The Hall–Kier alpha value is -2.05. The first-order valence-electron chi connectivity index (χ1n) is 8.95. The van der Waals surface area contributed by atoms with E-state index in [4.69, 9.17) is 0 Å². The van der Waals surface area contributed by atoms with Crippen LogP contribution in [-0.4, -0.2) is 29.1 Å². The lowest BCUT2D eigenvalue weighted by atomic mass is 10.1. The predicted molar refractivity (Wildman–Crippen MR) is 114 cm³/mol. The van der Waals surface area contributed by atoms with Crippen molar-refractivity contribution >= 4 is 50.6 Å². The van der Waals surface area contributed by atoms with Crippen molar-refractivity contribution in [3.05, 3.63) is 69.0 Å². The molecule has 2 heterocycles. The van der Waals surface area contributed by atoms with Crippen molar-refractivity contribution in [3.8, 4) is 0 Å². The predicted octanol–water partition coefficient (Wildman–Crippen LogP) is 5.29. The lowest BCUT2D eigenvalue weighted by Gasteiger charge is -2.17. The van der Waals surface area contributed by atoms with Crippen LogP contribution in [0.1, 0.15) is 24.0 Å². The van der Waals surface area contributed by atoms with Crippen LogP contribution in [0.25, 0.3) is 6.08 Å².